The molecule has 2 nitrogen and oxygen atoms in total. The zero-order valence-corrected chi connectivity index (χ0v) is 11.5. The number of halogens is 1. The number of rotatable bonds is 2. The summed E-state index contributed by atoms with van der Waals surface area (Å²) in [7, 11) is 0. The highest BCUT2D eigenvalue weighted by Crippen LogP contribution is 2.14. The second kappa shape index (κ2) is 7.05. The van der Waals surface area contributed by atoms with Gasteiger partial charge in [-0.15, -0.1) is 0 Å². The molecule has 0 bridgehead atoms. The van der Waals surface area contributed by atoms with Crippen LogP contribution in [-0.2, 0) is 0 Å². The molecular weight excluding hydrogens is 217 g/mol. The van der Waals surface area contributed by atoms with Crippen molar-refractivity contribution in [3.05, 3.63) is 34.6 Å². The third-order valence-electron chi connectivity index (χ3n) is 2.17. The second-order valence-electron chi connectivity index (χ2n) is 4.04. The smallest absolute Gasteiger partial charge is 0.251 e. The Balaban J connectivity index is 0.00000121. The van der Waals surface area contributed by atoms with Crippen molar-refractivity contribution < 1.29 is 9.18 Å². The third-order valence-corrected chi connectivity index (χ3v) is 2.17. The topological polar surface area (TPSA) is 29.1 Å². The second-order valence-corrected chi connectivity index (χ2v) is 4.04. The molecular formula is C14H22FNO. The summed E-state index contributed by atoms with van der Waals surface area (Å²) in [5.74, 6) is -0.417. The third kappa shape index (κ3) is 4.55. The monoisotopic (exact) mass is 239 g/mol. The van der Waals surface area contributed by atoms with Gasteiger partial charge in [0.1, 0.15) is 5.82 Å². The van der Waals surface area contributed by atoms with Gasteiger partial charge in [0.2, 0.25) is 0 Å². The van der Waals surface area contributed by atoms with Crippen molar-refractivity contribution in [2.45, 2.75) is 47.6 Å². The van der Waals surface area contributed by atoms with E-state index in [0.717, 1.165) is 0 Å². The lowest BCUT2D eigenvalue weighted by atomic mass is 10.0. The average Bonchev–Trinajstić information content (AvgIpc) is 2.25. The minimum Gasteiger partial charge on any atom is -0.350 e. The molecule has 0 fully saturated rings. The largest absolute Gasteiger partial charge is 0.350 e. The Hall–Kier alpha value is -1.38. The predicted octanol–water partition coefficient (Wildman–Crippen LogP) is 3.61. The molecule has 1 aromatic carbocycles. The molecule has 0 saturated carbocycles. The number of hydrogen-bond donors (Lipinski definition) is 1. The minimum absolute atomic E-state index is 0.0854. The van der Waals surface area contributed by atoms with Crippen LogP contribution in [0.5, 0.6) is 0 Å². The molecule has 3 heteroatoms. The lowest BCUT2D eigenvalue weighted by Crippen LogP contribution is -2.30. The van der Waals surface area contributed by atoms with E-state index < -0.39 is 0 Å². The van der Waals surface area contributed by atoms with Crippen LogP contribution in [0.2, 0.25) is 0 Å². The van der Waals surface area contributed by atoms with Crippen LogP contribution in [0.4, 0.5) is 4.39 Å². The van der Waals surface area contributed by atoms with Crippen LogP contribution in [0.3, 0.4) is 0 Å². The maximum Gasteiger partial charge on any atom is 0.251 e. The maximum atomic E-state index is 13.2. The summed E-state index contributed by atoms with van der Waals surface area (Å²) in [6.07, 6.45) is 0. The molecule has 1 amide bonds. The van der Waals surface area contributed by atoms with E-state index in [1.165, 1.54) is 6.07 Å². The van der Waals surface area contributed by atoms with E-state index in [0.29, 0.717) is 16.7 Å². The summed E-state index contributed by atoms with van der Waals surface area (Å²) in [5, 5.41) is 2.79. The normalized spacial score (nSPS) is 9.65. The molecule has 0 unspecified atom stereocenters. The standard InChI is InChI=1S/C12H16FNO.C2H6/c1-7(2)14-12(15)10-5-9(4)11(13)6-8(10)3;1-2/h5-7H,1-4H3,(H,14,15);1-2H3. The SMILES string of the molecule is CC.Cc1cc(C(=O)NC(C)C)c(C)cc1F. The lowest BCUT2D eigenvalue weighted by Gasteiger charge is -2.11. The first kappa shape index (κ1) is 15.6. The molecule has 0 aromatic heterocycles. The molecule has 0 atom stereocenters. The van der Waals surface area contributed by atoms with Crippen LogP contribution >= 0.6 is 0 Å². The number of carbonyl (C=O) groups is 1. The first-order valence-corrected chi connectivity index (χ1v) is 5.99. The van der Waals surface area contributed by atoms with E-state index >= 15 is 0 Å². The van der Waals surface area contributed by atoms with Gasteiger partial charge in [0.25, 0.3) is 5.91 Å². The van der Waals surface area contributed by atoms with Crippen LogP contribution in [-0.4, -0.2) is 11.9 Å². The molecule has 0 aliphatic carbocycles. The van der Waals surface area contributed by atoms with E-state index in [4.69, 9.17) is 0 Å². The van der Waals surface area contributed by atoms with Gasteiger partial charge < -0.3 is 5.32 Å². The molecule has 1 N–H and O–H groups in total. The number of carbonyl (C=O) groups excluding carboxylic acids is 1. The van der Waals surface area contributed by atoms with E-state index in [1.54, 1.807) is 19.9 Å². The summed E-state index contributed by atoms with van der Waals surface area (Å²) in [5.41, 5.74) is 1.70. The Kier molecular flexibility index (Phi) is 6.47. The maximum absolute atomic E-state index is 13.2. The Morgan fingerprint density at radius 1 is 1.18 bits per heavy atom. The number of aryl methyl sites for hydroxylation is 2. The molecule has 0 aliphatic rings. The van der Waals surface area contributed by atoms with Gasteiger partial charge in [0, 0.05) is 11.6 Å². The van der Waals surface area contributed by atoms with Crippen molar-refractivity contribution in [1.82, 2.24) is 5.32 Å². The van der Waals surface area contributed by atoms with E-state index in [9.17, 15) is 9.18 Å². The summed E-state index contributed by atoms with van der Waals surface area (Å²) in [4.78, 5) is 11.7. The lowest BCUT2D eigenvalue weighted by molar-refractivity contribution is 0.0942. The van der Waals surface area contributed by atoms with Crippen molar-refractivity contribution in [2.24, 2.45) is 0 Å². The van der Waals surface area contributed by atoms with Crippen LogP contribution in [0.25, 0.3) is 0 Å². The minimum atomic E-state index is -0.270. The molecule has 1 rings (SSSR count). The fraction of sp³-hybridized carbons (Fsp3) is 0.500. The summed E-state index contributed by atoms with van der Waals surface area (Å²) in [6, 6.07) is 3.06. The molecule has 1 aromatic rings. The van der Waals surface area contributed by atoms with Crippen LogP contribution in [0, 0.1) is 19.7 Å². The number of nitrogens with one attached hydrogen (secondary N) is 1. The van der Waals surface area contributed by atoms with Crippen molar-refractivity contribution in [1.29, 1.82) is 0 Å². The summed E-state index contributed by atoms with van der Waals surface area (Å²) >= 11 is 0. The average molecular weight is 239 g/mol. The van der Waals surface area contributed by atoms with Gasteiger partial charge >= 0.3 is 0 Å². The van der Waals surface area contributed by atoms with Crippen LogP contribution in [0.1, 0.15) is 49.2 Å². The molecule has 0 spiro atoms. The summed E-state index contributed by atoms with van der Waals surface area (Å²) in [6.45, 7) is 11.2. The van der Waals surface area contributed by atoms with Crippen LogP contribution in [0.15, 0.2) is 12.1 Å². The van der Waals surface area contributed by atoms with Crippen LogP contribution < -0.4 is 5.32 Å². The van der Waals surface area contributed by atoms with Gasteiger partial charge in [0.15, 0.2) is 0 Å². The predicted molar refractivity (Wildman–Crippen MR) is 69.8 cm³/mol. The van der Waals surface area contributed by atoms with Gasteiger partial charge in [0.05, 0.1) is 0 Å². The molecule has 0 heterocycles. The fourth-order valence-electron chi connectivity index (χ4n) is 1.37. The number of amides is 1. The van der Waals surface area contributed by atoms with Gasteiger partial charge in [-0.3, -0.25) is 4.79 Å². The Bertz CT molecular complexity index is 386. The zero-order valence-electron chi connectivity index (χ0n) is 11.5. The van der Waals surface area contributed by atoms with Gasteiger partial charge in [-0.05, 0) is 51.0 Å². The van der Waals surface area contributed by atoms with E-state index in [1.807, 2.05) is 27.7 Å². The first-order valence-electron chi connectivity index (χ1n) is 5.99. The van der Waals surface area contributed by atoms with Crippen molar-refractivity contribution in [3.8, 4) is 0 Å². The van der Waals surface area contributed by atoms with Crippen molar-refractivity contribution >= 4 is 5.91 Å². The highest BCUT2D eigenvalue weighted by Gasteiger charge is 2.12. The highest BCUT2D eigenvalue weighted by molar-refractivity contribution is 5.95. The molecule has 96 valence electrons. The number of benzene rings is 1. The molecule has 0 aliphatic heterocycles. The Morgan fingerprint density at radius 2 is 1.71 bits per heavy atom. The first-order chi connectivity index (χ1) is 7.91. The molecule has 0 radical (unpaired) electrons. The Labute approximate surface area is 103 Å². The van der Waals surface area contributed by atoms with Crippen molar-refractivity contribution in [3.63, 3.8) is 0 Å². The number of hydrogen-bond acceptors (Lipinski definition) is 1. The highest BCUT2D eigenvalue weighted by atomic mass is 19.1. The fourth-order valence-corrected chi connectivity index (χ4v) is 1.37. The van der Waals surface area contributed by atoms with Gasteiger partial charge in [-0.2, -0.15) is 0 Å². The van der Waals surface area contributed by atoms with Gasteiger partial charge in [-0.1, -0.05) is 13.8 Å². The quantitative estimate of drug-likeness (QED) is 0.839. The van der Waals surface area contributed by atoms with E-state index in [-0.39, 0.29) is 17.8 Å². The molecule has 17 heavy (non-hydrogen) atoms. The van der Waals surface area contributed by atoms with Crippen molar-refractivity contribution in [2.75, 3.05) is 0 Å². The Morgan fingerprint density at radius 3 is 2.18 bits per heavy atom. The van der Waals surface area contributed by atoms with E-state index in [2.05, 4.69) is 5.32 Å². The zero-order chi connectivity index (χ0) is 13.6. The summed E-state index contributed by atoms with van der Waals surface area (Å²) < 4.78 is 13.2. The van der Waals surface area contributed by atoms with Gasteiger partial charge in [-0.25, -0.2) is 4.39 Å². The molecule has 0 saturated heterocycles.